The van der Waals surface area contributed by atoms with E-state index in [4.69, 9.17) is 0 Å². The fourth-order valence-corrected chi connectivity index (χ4v) is 1.63. The minimum Gasteiger partial charge on any atom is -0.300 e. The van der Waals surface area contributed by atoms with Crippen molar-refractivity contribution in [1.29, 1.82) is 0 Å². The van der Waals surface area contributed by atoms with E-state index in [1.807, 2.05) is 13.8 Å². The van der Waals surface area contributed by atoms with Gasteiger partial charge in [-0.25, -0.2) is 0 Å². The maximum Gasteiger partial charge on any atom is 0.132 e. The Labute approximate surface area is 76.6 Å². The van der Waals surface area contributed by atoms with E-state index in [1.165, 1.54) is 0 Å². The Morgan fingerprint density at radius 3 is 1.92 bits per heavy atom. The quantitative estimate of drug-likeness (QED) is 0.589. The molecule has 0 saturated heterocycles. The lowest BCUT2D eigenvalue weighted by molar-refractivity contribution is -0.121. The normalized spacial score (nSPS) is 18.9. The fourth-order valence-electron chi connectivity index (χ4n) is 1.63. The molecular weight excluding hydrogens is 148 g/mol. The molecule has 0 aliphatic heterocycles. The van der Waals surface area contributed by atoms with Gasteiger partial charge >= 0.3 is 0 Å². The van der Waals surface area contributed by atoms with Gasteiger partial charge in [0.1, 0.15) is 5.78 Å². The Balaban J connectivity index is 0.000000561. The van der Waals surface area contributed by atoms with Crippen molar-refractivity contribution in [2.75, 3.05) is 0 Å². The summed E-state index contributed by atoms with van der Waals surface area (Å²) in [7, 11) is 0. The molecule has 0 bridgehead atoms. The Morgan fingerprint density at radius 1 is 1.17 bits per heavy atom. The van der Waals surface area contributed by atoms with E-state index in [0.29, 0.717) is 5.78 Å². The second kappa shape index (κ2) is 6.22. The summed E-state index contributed by atoms with van der Waals surface area (Å²) in [5, 5.41) is 0. The second-order valence-corrected chi connectivity index (χ2v) is 3.62. The van der Waals surface area contributed by atoms with Crippen LogP contribution in [-0.4, -0.2) is 5.78 Å². The van der Waals surface area contributed by atoms with E-state index in [0.717, 1.165) is 37.5 Å². The molecule has 12 heavy (non-hydrogen) atoms. The van der Waals surface area contributed by atoms with Gasteiger partial charge in [-0.3, -0.25) is 4.79 Å². The molecule has 0 aromatic rings. The largest absolute Gasteiger partial charge is 0.300 e. The van der Waals surface area contributed by atoms with Crippen molar-refractivity contribution in [2.45, 2.75) is 53.4 Å². The molecule has 0 radical (unpaired) electrons. The van der Waals surface area contributed by atoms with E-state index >= 15 is 0 Å². The van der Waals surface area contributed by atoms with E-state index in [1.54, 1.807) is 0 Å². The fraction of sp³-hybridized carbons (Fsp3) is 0.909. The highest BCUT2D eigenvalue weighted by molar-refractivity contribution is 5.79. The molecule has 0 amide bonds. The maximum atomic E-state index is 10.8. The molecule has 1 heteroatoms. The molecule has 0 unspecified atom stereocenters. The highest BCUT2D eigenvalue weighted by atomic mass is 16.1. The van der Waals surface area contributed by atoms with Crippen molar-refractivity contribution in [3.8, 4) is 0 Å². The molecule has 0 aromatic carbocycles. The molecular formula is C11H22O. The molecule has 0 N–H and O–H groups in total. The first-order valence-electron chi connectivity index (χ1n) is 5.22. The maximum absolute atomic E-state index is 10.8. The third-order valence-electron chi connectivity index (χ3n) is 2.53. The smallest absolute Gasteiger partial charge is 0.132 e. The average molecular weight is 170 g/mol. The van der Waals surface area contributed by atoms with E-state index in [-0.39, 0.29) is 0 Å². The predicted molar refractivity (Wildman–Crippen MR) is 53.2 cm³/mol. The van der Waals surface area contributed by atoms with Crippen LogP contribution in [0.25, 0.3) is 0 Å². The SMILES string of the molecule is CC.CC(C)C1CCC(=O)CC1. The number of Topliss-reactive ketones (excluding diaryl/α,β-unsaturated/α-hetero) is 1. The Kier molecular flexibility index (Phi) is 6.04. The first-order valence-corrected chi connectivity index (χ1v) is 5.22. The lowest BCUT2D eigenvalue weighted by atomic mass is 9.81. The highest BCUT2D eigenvalue weighted by Gasteiger charge is 2.20. The van der Waals surface area contributed by atoms with E-state index < -0.39 is 0 Å². The lowest BCUT2D eigenvalue weighted by Crippen LogP contribution is -2.17. The Morgan fingerprint density at radius 2 is 1.58 bits per heavy atom. The van der Waals surface area contributed by atoms with Crippen LogP contribution in [0, 0.1) is 11.8 Å². The number of hydrogen-bond donors (Lipinski definition) is 0. The molecule has 0 atom stereocenters. The third-order valence-corrected chi connectivity index (χ3v) is 2.53. The van der Waals surface area contributed by atoms with Crippen LogP contribution in [0.15, 0.2) is 0 Å². The van der Waals surface area contributed by atoms with Crippen LogP contribution in [-0.2, 0) is 4.79 Å². The molecule has 1 aliphatic rings. The van der Waals surface area contributed by atoms with Crippen LogP contribution in [0.3, 0.4) is 0 Å². The Bertz CT molecular complexity index is 117. The van der Waals surface area contributed by atoms with Gasteiger partial charge in [0.25, 0.3) is 0 Å². The van der Waals surface area contributed by atoms with Gasteiger partial charge in [0, 0.05) is 12.8 Å². The number of ketones is 1. The van der Waals surface area contributed by atoms with Crippen LogP contribution in [0.2, 0.25) is 0 Å². The van der Waals surface area contributed by atoms with Crippen LogP contribution in [0.4, 0.5) is 0 Å². The molecule has 1 aliphatic carbocycles. The summed E-state index contributed by atoms with van der Waals surface area (Å²) in [6.07, 6.45) is 3.94. The summed E-state index contributed by atoms with van der Waals surface area (Å²) in [6, 6.07) is 0. The van der Waals surface area contributed by atoms with Gasteiger partial charge in [0.2, 0.25) is 0 Å². The number of hydrogen-bond acceptors (Lipinski definition) is 1. The van der Waals surface area contributed by atoms with Crippen LogP contribution in [0.5, 0.6) is 0 Å². The Hall–Kier alpha value is -0.330. The van der Waals surface area contributed by atoms with Gasteiger partial charge in [0.05, 0.1) is 0 Å². The van der Waals surface area contributed by atoms with Crippen molar-refractivity contribution in [2.24, 2.45) is 11.8 Å². The lowest BCUT2D eigenvalue weighted by Gasteiger charge is -2.23. The highest BCUT2D eigenvalue weighted by Crippen LogP contribution is 2.27. The minimum atomic E-state index is 0.469. The molecule has 0 spiro atoms. The number of carbonyl (C=O) groups excluding carboxylic acids is 1. The van der Waals surface area contributed by atoms with Gasteiger partial charge in [0.15, 0.2) is 0 Å². The summed E-state index contributed by atoms with van der Waals surface area (Å²) in [6.45, 7) is 8.50. The van der Waals surface area contributed by atoms with Gasteiger partial charge in [-0.15, -0.1) is 0 Å². The third kappa shape index (κ3) is 3.89. The zero-order valence-corrected chi connectivity index (χ0v) is 8.89. The van der Waals surface area contributed by atoms with Crippen LogP contribution < -0.4 is 0 Å². The summed E-state index contributed by atoms with van der Waals surface area (Å²) in [4.78, 5) is 10.8. The van der Waals surface area contributed by atoms with Gasteiger partial charge in [-0.1, -0.05) is 27.7 Å². The second-order valence-electron chi connectivity index (χ2n) is 3.62. The number of rotatable bonds is 1. The first kappa shape index (κ1) is 11.7. The zero-order valence-electron chi connectivity index (χ0n) is 8.89. The summed E-state index contributed by atoms with van der Waals surface area (Å²) < 4.78 is 0. The molecule has 0 heterocycles. The van der Waals surface area contributed by atoms with Gasteiger partial charge in [-0.2, -0.15) is 0 Å². The standard InChI is InChI=1S/C9H16O.C2H6/c1-7(2)8-3-5-9(10)6-4-8;1-2/h7-8H,3-6H2,1-2H3;1-2H3. The first-order chi connectivity index (χ1) is 5.70. The van der Waals surface area contributed by atoms with Crippen molar-refractivity contribution >= 4 is 5.78 Å². The minimum absolute atomic E-state index is 0.469. The monoisotopic (exact) mass is 170 g/mol. The molecule has 1 saturated carbocycles. The van der Waals surface area contributed by atoms with E-state index in [2.05, 4.69) is 13.8 Å². The molecule has 0 aromatic heterocycles. The van der Waals surface area contributed by atoms with E-state index in [9.17, 15) is 4.79 Å². The molecule has 1 fully saturated rings. The molecule has 1 rings (SSSR count). The predicted octanol–water partition coefficient (Wildman–Crippen LogP) is 3.43. The summed E-state index contributed by atoms with van der Waals surface area (Å²) in [5.41, 5.74) is 0. The van der Waals surface area contributed by atoms with Crippen molar-refractivity contribution < 1.29 is 4.79 Å². The number of carbonyl (C=O) groups is 1. The van der Waals surface area contributed by atoms with Crippen LogP contribution in [0.1, 0.15) is 53.4 Å². The zero-order chi connectivity index (χ0) is 9.56. The molecule has 72 valence electrons. The van der Waals surface area contributed by atoms with Crippen molar-refractivity contribution in [1.82, 2.24) is 0 Å². The summed E-state index contributed by atoms with van der Waals surface area (Å²) in [5.74, 6) is 2.06. The van der Waals surface area contributed by atoms with Crippen molar-refractivity contribution in [3.05, 3.63) is 0 Å². The van der Waals surface area contributed by atoms with Gasteiger partial charge < -0.3 is 0 Å². The molecule has 1 nitrogen and oxygen atoms in total. The van der Waals surface area contributed by atoms with Crippen molar-refractivity contribution in [3.63, 3.8) is 0 Å². The topological polar surface area (TPSA) is 17.1 Å². The van der Waals surface area contributed by atoms with Crippen LogP contribution >= 0.6 is 0 Å². The average Bonchev–Trinajstić information content (AvgIpc) is 2.09. The van der Waals surface area contributed by atoms with Gasteiger partial charge in [-0.05, 0) is 24.7 Å². The summed E-state index contributed by atoms with van der Waals surface area (Å²) >= 11 is 0.